The summed E-state index contributed by atoms with van der Waals surface area (Å²) in [6.45, 7) is 4.60. The quantitative estimate of drug-likeness (QED) is 0.280. The Morgan fingerprint density at radius 1 is 0.853 bits per heavy atom. The predicted molar refractivity (Wildman–Crippen MR) is 139 cm³/mol. The van der Waals surface area contributed by atoms with E-state index in [1.54, 1.807) is 0 Å². The van der Waals surface area contributed by atoms with Crippen LogP contribution in [0.4, 0.5) is 17.3 Å². The summed E-state index contributed by atoms with van der Waals surface area (Å²) in [5.74, 6) is 1.30. The molecule has 168 valence electrons. The molecule has 0 atom stereocenters. The molecule has 0 aliphatic carbocycles. The van der Waals surface area contributed by atoms with E-state index < -0.39 is 0 Å². The fourth-order valence-corrected chi connectivity index (χ4v) is 4.03. The number of nitrogen functional groups attached to an aromatic ring is 1. The summed E-state index contributed by atoms with van der Waals surface area (Å²) in [6.07, 6.45) is 1.84. The van der Waals surface area contributed by atoms with Gasteiger partial charge in [-0.3, -0.25) is 0 Å². The van der Waals surface area contributed by atoms with Crippen LogP contribution in [0, 0.1) is 13.8 Å². The minimum Gasteiger partial charge on any atom is -0.488 e. The van der Waals surface area contributed by atoms with E-state index in [0.29, 0.717) is 18.2 Å². The SMILES string of the molecule is Cc1cccc(C)c1Nc1ncc2cc(-c3cccc(N)c3)c(OCc3ccccc3)cc2n1. The molecular weight excluding hydrogens is 420 g/mol. The molecule has 5 heteroatoms. The second-order valence-electron chi connectivity index (χ2n) is 8.39. The maximum Gasteiger partial charge on any atom is 0.227 e. The first-order valence-electron chi connectivity index (χ1n) is 11.2. The Hall–Kier alpha value is -4.38. The van der Waals surface area contributed by atoms with Gasteiger partial charge < -0.3 is 15.8 Å². The van der Waals surface area contributed by atoms with Crippen LogP contribution in [0.5, 0.6) is 5.75 Å². The maximum atomic E-state index is 6.30. The van der Waals surface area contributed by atoms with Gasteiger partial charge in [-0.25, -0.2) is 9.97 Å². The molecule has 0 unspecified atom stereocenters. The predicted octanol–water partition coefficient (Wildman–Crippen LogP) is 6.82. The van der Waals surface area contributed by atoms with Crippen LogP contribution in [0.25, 0.3) is 22.0 Å². The van der Waals surface area contributed by atoms with E-state index in [1.807, 2.05) is 60.8 Å². The van der Waals surface area contributed by atoms with Gasteiger partial charge in [-0.15, -0.1) is 0 Å². The zero-order chi connectivity index (χ0) is 23.5. The number of aryl methyl sites for hydroxylation is 2. The lowest BCUT2D eigenvalue weighted by atomic mass is 10.0. The van der Waals surface area contributed by atoms with E-state index in [9.17, 15) is 0 Å². The van der Waals surface area contributed by atoms with Gasteiger partial charge in [-0.2, -0.15) is 0 Å². The van der Waals surface area contributed by atoms with Crippen molar-refractivity contribution in [2.24, 2.45) is 0 Å². The van der Waals surface area contributed by atoms with Gasteiger partial charge in [0, 0.05) is 34.6 Å². The molecule has 0 aliphatic heterocycles. The normalized spacial score (nSPS) is 10.9. The third-order valence-corrected chi connectivity index (χ3v) is 5.83. The number of nitrogens with two attached hydrogens (primary N) is 1. The minimum atomic E-state index is 0.459. The highest BCUT2D eigenvalue weighted by Gasteiger charge is 2.13. The molecule has 4 aromatic carbocycles. The molecule has 1 heterocycles. The number of nitrogens with one attached hydrogen (secondary N) is 1. The number of anilines is 3. The van der Waals surface area contributed by atoms with E-state index in [4.69, 9.17) is 15.5 Å². The van der Waals surface area contributed by atoms with Gasteiger partial charge in [-0.1, -0.05) is 60.7 Å². The minimum absolute atomic E-state index is 0.459. The van der Waals surface area contributed by atoms with Crippen LogP contribution in [0.2, 0.25) is 0 Å². The highest BCUT2D eigenvalue weighted by atomic mass is 16.5. The first-order chi connectivity index (χ1) is 16.6. The maximum absolute atomic E-state index is 6.30. The van der Waals surface area contributed by atoms with Crippen LogP contribution in [0.1, 0.15) is 16.7 Å². The first kappa shape index (κ1) is 21.5. The summed E-state index contributed by atoms with van der Waals surface area (Å²) in [4.78, 5) is 9.37. The number of fused-ring (bicyclic) bond motifs is 1. The van der Waals surface area contributed by atoms with Crippen molar-refractivity contribution in [1.29, 1.82) is 0 Å². The van der Waals surface area contributed by atoms with Crippen LogP contribution >= 0.6 is 0 Å². The van der Waals surface area contributed by atoms with Gasteiger partial charge in [-0.05, 0) is 54.3 Å². The van der Waals surface area contributed by atoms with Gasteiger partial charge in [0.15, 0.2) is 0 Å². The largest absolute Gasteiger partial charge is 0.488 e. The molecule has 0 spiro atoms. The molecule has 0 amide bonds. The number of rotatable bonds is 6. The number of nitrogens with zero attached hydrogens (tertiary/aromatic N) is 2. The van der Waals surface area contributed by atoms with Gasteiger partial charge in [0.05, 0.1) is 5.52 Å². The molecule has 5 rings (SSSR count). The average Bonchev–Trinajstić information content (AvgIpc) is 2.85. The van der Waals surface area contributed by atoms with E-state index in [2.05, 4.69) is 54.5 Å². The first-order valence-corrected chi connectivity index (χ1v) is 11.2. The summed E-state index contributed by atoms with van der Waals surface area (Å²) in [6, 6.07) is 28.2. The lowest BCUT2D eigenvalue weighted by Gasteiger charge is -2.15. The molecule has 5 aromatic rings. The van der Waals surface area contributed by atoms with Gasteiger partial charge in [0.2, 0.25) is 5.95 Å². The lowest BCUT2D eigenvalue weighted by Crippen LogP contribution is -2.02. The molecule has 3 N–H and O–H groups in total. The van der Waals surface area contributed by atoms with E-state index in [0.717, 1.165) is 50.2 Å². The monoisotopic (exact) mass is 446 g/mol. The van der Waals surface area contributed by atoms with Crippen molar-refractivity contribution in [1.82, 2.24) is 9.97 Å². The summed E-state index contributed by atoms with van der Waals surface area (Å²) < 4.78 is 6.30. The Balaban J connectivity index is 1.56. The molecule has 1 aromatic heterocycles. The Morgan fingerprint density at radius 2 is 1.62 bits per heavy atom. The van der Waals surface area contributed by atoms with Crippen molar-refractivity contribution in [3.8, 4) is 16.9 Å². The topological polar surface area (TPSA) is 73.1 Å². The van der Waals surface area contributed by atoms with Crippen LogP contribution in [0.15, 0.2) is 91.1 Å². The Labute approximate surface area is 199 Å². The van der Waals surface area contributed by atoms with Crippen LogP contribution in [-0.4, -0.2) is 9.97 Å². The highest BCUT2D eigenvalue weighted by molar-refractivity contribution is 5.89. The average molecular weight is 447 g/mol. The Bertz CT molecular complexity index is 1440. The summed E-state index contributed by atoms with van der Waals surface area (Å²) in [7, 11) is 0. The molecule has 0 fully saturated rings. The number of para-hydroxylation sites is 1. The van der Waals surface area contributed by atoms with Crippen molar-refractivity contribution >= 4 is 28.2 Å². The Kier molecular flexibility index (Phi) is 5.83. The number of hydrogen-bond donors (Lipinski definition) is 2. The molecule has 0 saturated carbocycles. The smallest absolute Gasteiger partial charge is 0.227 e. The van der Waals surface area contributed by atoms with Crippen molar-refractivity contribution < 1.29 is 4.74 Å². The number of aromatic nitrogens is 2. The molecule has 0 saturated heterocycles. The summed E-state index contributed by atoms with van der Waals surface area (Å²) >= 11 is 0. The van der Waals surface area contributed by atoms with Crippen molar-refractivity contribution in [3.05, 3.63) is 108 Å². The Morgan fingerprint density at radius 3 is 2.38 bits per heavy atom. The number of ether oxygens (including phenoxy) is 1. The van der Waals surface area contributed by atoms with E-state index in [1.165, 1.54) is 0 Å². The van der Waals surface area contributed by atoms with Crippen LogP contribution in [-0.2, 0) is 6.61 Å². The lowest BCUT2D eigenvalue weighted by molar-refractivity contribution is 0.308. The zero-order valence-corrected chi connectivity index (χ0v) is 19.2. The van der Waals surface area contributed by atoms with Gasteiger partial charge in [0.1, 0.15) is 12.4 Å². The number of benzene rings is 4. The van der Waals surface area contributed by atoms with Crippen LogP contribution in [0.3, 0.4) is 0 Å². The number of hydrogen-bond acceptors (Lipinski definition) is 5. The van der Waals surface area contributed by atoms with E-state index >= 15 is 0 Å². The molecule has 0 radical (unpaired) electrons. The van der Waals surface area contributed by atoms with Crippen molar-refractivity contribution in [2.45, 2.75) is 20.5 Å². The molecule has 34 heavy (non-hydrogen) atoms. The molecule has 0 aliphatic rings. The zero-order valence-electron chi connectivity index (χ0n) is 19.2. The summed E-state index contributed by atoms with van der Waals surface area (Å²) in [5.41, 5.74) is 13.9. The second kappa shape index (κ2) is 9.24. The standard InChI is InChI=1S/C29H26N4O/c1-19-8-6-9-20(2)28(19)33-29-31-17-23-15-25(22-12-7-13-24(30)14-22)27(16-26(23)32-29)34-18-21-10-4-3-5-11-21/h3-17H,18,30H2,1-2H3,(H,31,32,33). The molecule has 5 nitrogen and oxygen atoms in total. The third kappa shape index (κ3) is 4.55. The highest BCUT2D eigenvalue weighted by Crippen LogP contribution is 2.35. The summed E-state index contributed by atoms with van der Waals surface area (Å²) in [5, 5.41) is 4.31. The molecule has 0 bridgehead atoms. The fraction of sp³-hybridized carbons (Fsp3) is 0.103. The second-order valence-corrected chi connectivity index (χ2v) is 8.39. The van der Waals surface area contributed by atoms with E-state index in [-0.39, 0.29) is 0 Å². The van der Waals surface area contributed by atoms with Crippen LogP contribution < -0.4 is 15.8 Å². The van der Waals surface area contributed by atoms with Crippen molar-refractivity contribution in [3.63, 3.8) is 0 Å². The van der Waals surface area contributed by atoms with Gasteiger partial charge >= 0.3 is 0 Å². The molecular formula is C29H26N4O. The van der Waals surface area contributed by atoms with Gasteiger partial charge in [0.25, 0.3) is 0 Å². The van der Waals surface area contributed by atoms with Crippen molar-refractivity contribution in [2.75, 3.05) is 11.1 Å². The third-order valence-electron chi connectivity index (χ3n) is 5.83. The fourth-order valence-electron chi connectivity index (χ4n) is 4.03.